The average Bonchev–Trinajstić information content (AvgIpc) is 3.23. The van der Waals surface area contributed by atoms with Gasteiger partial charge in [-0.15, -0.1) is 0 Å². The fourth-order valence-electron chi connectivity index (χ4n) is 4.27. The van der Waals surface area contributed by atoms with Crippen molar-refractivity contribution in [1.82, 2.24) is 24.4 Å². The highest BCUT2D eigenvalue weighted by molar-refractivity contribution is 5.78. The summed E-state index contributed by atoms with van der Waals surface area (Å²) in [6, 6.07) is 15.1. The summed E-state index contributed by atoms with van der Waals surface area (Å²) in [5.74, 6) is 0.883. The van der Waals surface area contributed by atoms with Crippen LogP contribution < -0.4 is 5.56 Å². The monoisotopic (exact) mass is 401 g/mol. The number of piperidine rings is 1. The standard InChI is InChI=1S/C23H23N5O2/c29-21(12-14-27-15-24-17-8-2-1-7-16(17)23(27)30)28-13-6-5-11-20(28)22-25-18-9-3-4-10-19(18)26-22/h1-4,7-10,15,20H,5-6,11-14H2,(H,25,26)/t20-/m0/s1. The van der Waals surface area contributed by atoms with Crippen molar-refractivity contribution >= 4 is 27.8 Å². The quantitative estimate of drug-likeness (QED) is 0.568. The molecule has 4 aromatic rings. The van der Waals surface area contributed by atoms with Crippen LogP contribution in [0.25, 0.3) is 21.9 Å². The normalized spacial score (nSPS) is 16.9. The maximum absolute atomic E-state index is 13.1. The van der Waals surface area contributed by atoms with Crippen molar-refractivity contribution in [3.63, 3.8) is 0 Å². The Balaban J connectivity index is 1.35. The van der Waals surface area contributed by atoms with Gasteiger partial charge in [0.2, 0.25) is 5.91 Å². The van der Waals surface area contributed by atoms with Gasteiger partial charge in [-0.2, -0.15) is 0 Å². The Morgan fingerprint density at radius 2 is 1.87 bits per heavy atom. The average molecular weight is 401 g/mol. The molecular formula is C23H23N5O2. The molecule has 5 rings (SSSR count). The van der Waals surface area contributed by atoms with E-state index in [4.69, 9.17) is 4.98 Å². The van der Waals surface area contributed by atoms with E-state index in [0.29, 0.717) is 24.0 Å². The Morgan fingerprint density at radius 3 is 2.73 bits per heavy atom. The Kier molecular flexibility index (Phi) is 4.78. The van der Waals surface area contributed by atoms with Crippen LogP contribution in [0.2, 0.25) is 0 Å². The number of nitrogens with one attached hydrogen (secondary N) is 1. The highest BCUT2D eigenvalue weighted by atomic mass is 16.2. The third-order valence-electron chi connectivity index (χ3n) is 5.84. The molecule has 0 radical (unpaired) electrons. The number of aromatic amines is 1. The van der Waals surface area contributed by atoms with E-state index >= 15 is 0 Å². The molecule has 1 saturated heterocycles. The SMILES string of the molecule is O=C(CCn1cnc2ccccc2c1=O)N1CCCC[C@H]1c1nc2ccccc2[nH]1. The zero-order chi connectivity index (χ0) is 20.5. The first-order valence-corrected chi connectivity index (χ1v) is 10.4. The van der Waals surface area contributed by atoms with Crippen LogP contribution in [-0.2, 0) is 11.3 Å². The molecule has 1 aliphatic heterocycles. The largest absolute Gasteiger partial charge is 0.340 e. The summed E-state index contributed by atoms with van der Waals surface area (Å²) < 4.78 is 1.53. The van der Waals surface area contributed by atoms with E-state index in [9.17, 15) is 9.59 Å². The predicted octanol–water partition coefficient (Wildman–Crippen LogP) is 3.42. The molecule has 7 nitrogen and oxygen atoms in total. The van der Waals surface area contributed by atoms with Gasteiger partial charge in [-0.1, -0.05) is 24.3 Å². The van der Waals surface area contributed by atoms with Gasteiger partial charge in [0.05, 0.1) is 34.3 Å². The van der Waals surface area contributed by atoms with Gasteiger partial charge in [0.15, 0.2) is 0 Å². The Morgan fingerprint density at radius 1 is 1.07 bits per heavy atom. The summed E-state index contributed by atoms with van der Waals surface area (Å²) in [7, 11) is 0. The zero-order valence-electron chi connectivity index (χ0n) is 16.6. The number of aromatic nitrogens is 4. The maximum atomic E-state index is 13.1. The Bertz CT molecular complexity index is 1240. The summed E-state index contributed by atoms with van der Waals surface area (Å²) in [4.78, 5) is 40.1. The van der Waals surface area contributed by atoms with Crippen LogP contribution in [0.3, 0.4) is 0 Å². The van der Waals surface area contributed by atoms with E-state index in [1.165, 1.54) is 10.9 Å². The molecule has 1 atom stereocenters. The topological polar surface area (TPSA) is 83.9 Å². The lowest BCUT2D eigenvalue weighted by Crippen LogP contribution is -2.39. The lowest BCUT2D eigenvalue weighted by molar-refractivity contribution is -0.135. The van der Waals surface area contributed by atoms with Gasteiger partial charge in [0, 0.05) is 19.5 Å². The van der Waals surface area contributed by atoms with Crippen molar-refractivity contribution in [2.24, 2.45) is 0 Å². The molecule has 2 aromatic carbocycles. The van der Waals surface area contributed by atoms with Gasteiger partial charge in [0.25, 0.3) is 5.56 Å². The number of carbonyl (C=O) groups is 1. The van der Waals surface area contributed by atoms with E-state index in [2.05, 4.69) is 9.97 Å². The Labute approximate surface area is 173 Å². The molecular weight excluding hydrogens is 378 g/mol. The van der Waals surface area contributed by atoms with E-state index in [-0.39, 0.29) is 23.9 Å². The highest BCUT2D eigenvalue weighted by Crippen LogP contribution is 2.31. The number of benzene rings is 2. The number of hydrogen-bond acceptors (Lipinski definition) is 4. The van der Waals surface area contributed by atoms with Crippen molar-refractivity contribution in [3.05, 3.63) is 71.0 Å². The fraction of sp³-hybridized carbons (Fsp3) is 0.304. The molecule has 1 aliphatic rings. The van der Waals surface area contributed by atoms with Crippen LogP contribution in [0, 0.1) is 0 Å². The smallest absolute Gasteiger partial charge is 0.261 e. The lowest BCUT2D eigenvalue weighted by Gasteiger charge is -2.34. The van der Waals surface area contributed by atoms with Crippen molar-refractivity contribution in [1.29, 1.82) is 0 Å². The van der Waals surface area contributed by atoms with E-state index in [1.54, 1.807) is 6.07 Å². The first kappa shape index (κ1) is 18.5. The van der Waals surface area contributed by atoms with E-state index in [0.717, 1.165) is 36.1 Å². The van der Waals surface area contributed by atoms with Crippen LogP contribution in [0.15, 0.2) is 59.7 Å². The lowest BCUT2D eigenvalue weighted by atomic mass is 10.0. The van der Waals surface area contributed by atoms with Crippen molar-refractivity contribution < 1.29 is 4.79 Å². The number of H-pyrrole nitrogens is 1. The number of rotatable bonds is 4. The van der Waals surface area contributed by atoms with Crippen LogP contribution in [0.4, 0.5) is 0 Å². The number of likely N-dealkylation sites (tertiary alicyclic amines) is 1. The fourth-order valence-corrected chi connectivity index (χ4v) is 4.27. The number of imidazole rings is 1. The summed E-state index contributed by atoms with van der Waals surface area (Å²) in [6.07, 6.45) is 4.74. The second-order valence-corrected chi connectivity index (χ2v) is 7.75. The molecule has 0 aliphatic carbocycles. The second kappa shape index (κ2) is 7.74. The summed E-state index contributed by atoms with van der Waals surface area (Å²) in [6.45, 7) is 1.03. The van der Waals surface area contributed by atoms with Gasteiger partial charge in [-0.25, -0.2) is 9.97 Å². The first-order valence-electron chi connectivity index (χ1n) is 10.4. The third kappa shape index (κ3) is 3.36. The van der Waals surface area contributed by atoms with Gasteiger partial charge in [-0.3, -0.25) is 14.2 Å². The van der Waals surface area contributed by atoms with Crippen molar-refractivity contribution in [2.75, 3.05) is 6.54 Å². The maximum Gasteiger partial charge on any atom is 0.261 e. The molecule has 152 valence electrons. The van der Waals surface area contributed by atoms with Crippen molar-refractivity contribution in [2.45, 2.75) is 38.3 Å². The van der Waals surface area contributed by atoms with E-state index in [1.807, 2.05) is 47.4 Å². The number of hydrogen-bond donors (Lipinski definition) is 1. The second-order valence-electron chi connectivity index (χ2n) is 7.75. The molecule has 30 heavy (non-hydrogen) atoms. The minimum Gasteiger partial charge on any atom is -0.340 e. The highest BCUT2D eigenvalue weighted by Gasteiger charge is 2.30. The number of nitrogens with zero attached hydrogens (tertiary/aromatic N) is 4. The number of fused-ring (bicyclic) bond motifs is 2. The minimum absolute atomic E-state index is 0.0419. The van der Waals surface area contributed by atoms with Gasteiger partial charge < -0.3 is 9.88 Å². The molecule has 1 amide bonds. The summed E-state index contributed by atoms with van der Waals surface area (Å²) >= 11 is 0. The zero-order valence-corrected chi connectivity index (χ0v) is 16.6. The van der Waals surface area contributed by atoms with Gasteiger partial charge >= 0.3 is 0 Å². The van der Waals surface area contributed by atoms with Crippen LogP contribution >= 0.6 is 0 Å². The number of para-hydroxylation sites is 3. The third-order valence-corrected chi connectivity index (χ3v) is 5.84. The number of amides is 1. The van der Waals surface area contributed by atoms with Crippen LogP contribution in [0.1, 0.15) is 37.5 Å². The molecule has 0 spiro atoms. The minimum atomic E-state index is -0.110. The van der Waals surface area contributed by atoms with Gasteiger partial charge in [-0.05, 0) is 43.5 Å². The molecule has 0 bridgehead atoms. The number of aryl methyl sites for hydroxylation is 1. The van der Waals surface area contributed by atoms with E-state index < -0.39 is 0 Å². The van der Waals surface area contributed by atoms with Gasteiger partial charge in [0.1, 0.15) is 5.82 Å². The van der Waals surface area contributed by atoms with Crippen LogP contribution in [-0.4, -0.2) is 36.9 Å². The van der Waals surface area contributed by atoms with Crippen molar-refractivity contribution in [3.8, 4) is 0 Å². The molecule has 1 fully saturated rings. The van der Waals surface area contributed by atoms with Crippen LogP contribution in [0.5, 0.6) is 0 Å². The Hall–Kier alpha value is -3.48. The number of carbonyl (C=O) groups excluding carboxylic acids is 1. The summed E-state index contributed by atoms with van der Waals surface area (Å²) in [5.41, 5.74) is 2.46. The molecule has 2 aromatic heterocycles. The molecule has 1 N–H and O–H groups in total. The molecule has 7 heteroatoms. The summed E-state index contributed by atoms with van der Waals surface area (Å²) in [5, 5.41) is 0.575. The molecule has 3 heterocycles. The molecule has 0 unspecified atom stereocenters. The first-order chi connectivity index (χ1) is 14.7. The predicted molar refractivity (Wildman–Crippen MR) is 115 cm³/mol. The molecule has 0 saturated carbocycles.